The van der Waals surface area contributed by atoms with Crippen LogP contribution in [0.3, 0.4) is 0 Å². The van der Waals surface area contributed by atoms with Crippen molar-refractivity contribution in [3.63, 3.8) is 0 Å². The molecular weight excluding hydrogens is 324 g/mol. The molecule has 1 fully saturated rings. The van der Waals surface area contributed by atoms with E-state index < -0.39 is 0 Å². The normalized spacial score (nSPS) is 14.0. The van der Waals surface area contributed by atoms with E-state index in [4.69, 9.17) is 4.74 Å². The molecule has 1 saturated carbocycles. The first kappa shape index (κ1) is 16.6. The van der Waals surface area contributed by atoms with Gasteiger partial charge in [0.05, 0.1) is 12.1 Å². The molecule has 1 heterocycles. The number of benzene rings is 2. The molecule has 4 heteroatoms. The first-order chi connectivity index (χ1) is 12.8. The van der Waals surface area contributed by atoms with E-state index in [-0.39, 0.29) is 5.91 Å². The van der Waals surface area contributed by atoms with Crippen molar-refractivity contribution < 1.29 is 9.53 Å². The minimum Gasteiger partial charge on any atom is -0.493 e. The lowest BCUT2D eigenvalue weighted by Crippen LogP contribution is -2.23. The van der Waals surface area contributed by atoms with Crippen molar-refractivity contribution in [2.75, 3.05) is 6.61 Å². The fraction of sp³-hybridized carbons (Fsp3) is 0.273. The Labute approximate surface area is 153 Å². The molecule has 2 aromatic carbocycles. The maximum absolute atomic E-state index is 12.4. The first-order valence-corrected chi connectivity index (χ1v) is 9.13. The molecule has 4 rings (SSSR count). The topological polar surface area (TPSA) is 51.2 Å². The molecule has 1 aliphatic rings. The summed E-state index contributed by atoms with van der Waals surface area (Å²) in [6.07, 6.45) is 5.63. The number of carbonyl (C=O) groups excluding carboxylic acids is 1. The van der Waals surface area contributed by atoms with E-state index in [0.717, 1.165) is 28.8 Å². The van der Waals surface area contributed by atoms with Crippen molar-refractivity contribution in [3.05, 3.63) is 71.9 Å². The van der Waals surface area contributed by atoms with Crippen LogP contribution in [0.1, 0.15) is 35.2 Å². The number of fused-ring (bicyclic) bond motifs is 1. The van der Waals surface area contributed by atoms with E-state index in [1.807, 2.05) is 54.6 Å². The first-order valence-electron chi connectivity index (χ1n) is 9.13. The van der Waals surface area contributed by atoms with Crippen molar-refractivity contribution in [2.24, 2.45) is 5.92 Å². The van der Waals surface area contributed by atoms with Crippen LogP contribution in [0.5, 0.6) is 5.75 Å². The number of rotatable bonds is 6. The van der Waals surface area contributed by atoms with Crippen LogP contribution in [0.2, 0.25) is 0 Å². The summed E-state index contributed by atoms with van der Waals surface area (Å²) >= 11 is 0. The standard InChI is InChI=1S/C22H22N2O2/c25-22(19-9-10-21-18(13-19)7-3-11-23-21)24-14-17-6-2-8-20(12-17)26-15-16-4-1-5-16/h2-3,6-13,16H,1,4-5,14-15H2,(H,24,25). The molecule has 4 nitrogen and oxygen atoms in total. The summed E-state index contributed by atoms with van der Waals surface area (Å²) in [6.45, 7) is 1.27. The van der Waals surface area contributed by atoms with Crippen LogP contribution in [-0.2, 0) is 6.54 Å². The molecule has 0 saturated heterocycles. The summed E-state index contributed by atoms with van der Waals surface area (Å²) in [6, 6.07) is 17.3. The van der Waals surface area contributed by atoms with Gasteiger partial charge in [-0.15, -0.1) is 0 Å². The van der Waals surface area contributed by atoms with E-state index in [2.05, 4.69) is 10.3 Å². The zero-order valence-electron chi connectivity index (χ0n) is 14.7. The zero-order valence-corrected chi connectivity index (χ0v) is 14.7. The van der Waals surface area contributed by atoms with Crippen molar-refractivity contribution >= 4 is 16.8 Å². The summed E-state index contributed by atoms with van der Waals surface area (Å²) in [7, 11) is 0. The second-order valence-electron chi connectivity index (χ2n) is 6.85. The van der Waals surface area contributed by atoms with Gasteiger partial charge in [0, 0.05) is 23.7 Å². The Kier molecular flexibility index (Phi) is 4.82. The number of ether oxygens (including phenoxy) is 1. The highest BCUT2D eigenvalue weighted by Crippen LogP contribution is 2.27. The molecule has 132 valence electrons. The molecule has 0 unspecified atom stereocenters. The van der Waals surface area contributed by atoms with Gasteiger partial charge in [-0.3, -0.25) is 9.78 Å². The van der Waals surface area contributed by atoms with E-state index in [0.29, 0.717) is 18.0 Å². The molecule has 0 bridgehead atoms. The van der Waals surface area contributed by atoms with Crippen LogP contribution < -0.4 is 10.1 Å². The summed E-state index contributed by atoms with van der Waals surface area (Å²) in [5.74, 6) is 1.50. The van der Waals surface area contributed by atoms with E-state index >= 15 is 0 Å². The van der Waals surface area contributed by atoms with Gasteiger partial charge in [-0.25, -0.2) is 0 Å². The van der Waals surface area contributed by atoms with Crippen LogP contribution in [-0.4, -0.2) is 17.5 Å². The van der Waals surface area contributed by atoms with Gasteiger partial charge < -0.3 is 10.1 Å². The maximum atomic E-state index is 12.4. The third-order valence-electron chi connectivity index (χ3n) is 4.93. The van der Waals surface area contributed by atoms with Gasteiger partial charge in [0.1, 0.15) is 5.75 Å². The van der Waals surface area contributed by atoms with Gasteiger partial charge in [-0.2, -0.15) is 0 Å². The highest BCUT2D eigenvalue weighted by Gasteiger charge is 2.17. The predicted octanol–water partition coefficient (Wildman–Crippen LogP) is 4.34. The molecule has 0 spiro atoms. The predicted molar refractivity (Wildman–Crippen MR) is 102 cm³/mol. The number of amides is 1. The lowest BCUT2D eigenvalue weighted by molar-refractivity contribution is 0.0951. The molecule has 1 N–H and O–H groups in total. The Hall–Kier alpha value is -2.88. The van der Waals surface area contributed by atoms with Crippen LogP contribution >= 0.6 is 0 Å². The number of hydrogen-bond acceptors (Lipinski definition) is 3. The van der Waals surface area contributed by atoms with Gasteiger partial charge in [-0.05, 0) is 60.7 Å². The number of carbonyl (C=O) groups is 1. The average molecular weight is 346 g/mol. The fourth-order valence-corrected chi connectivity index (χ4v) is 3.12. The highest BCUT2D eigenvalue weighted by atomic mass is 16.5. The van der Waals surface area contributed by atoms with Crippen LogP contribution in [0.15, 0.2) is 60.8 Å². The summed E-state index contributed by atoms with van der Waals surface area (Å²) in [4.78, 5) is 16.7. The quantitative estimate of drug-likeness (QED) is 0.722. The van der Waals surface area contributed by atoms with Crippen molar-refractivity contribution in [3.8, 4) is 5.75 Å². The molecular formula is C22H22N2O2. The van der Waals surface area contributed by atoms with Crippen LogP contribution in [0, 0.1) is 5.92 Å². The average Bonchev–Trinajstić information content (AvgIpc) is 2.65. The lowest BCUT2D eigenvalue weighted by atomic mass is 9.86. The number of pyridine rings is 1. The van der Waals surface area contributed by atoms with Crippen molar-refractivity contribution in [2.45, 2.75) is 25.8 Å². The number of nitrogens with one attached hydrogen (secondary N) is 1. The van der Waals surface area contributed by atoms with Crippen LogP contribution in [0.25, 0.3) is 10.9 Å². The number of nitrogens with zero attached hydrogens (tertiary/aromatic N) is 1. The molecule has 0 radical (unpaired) electrons. The lowest BCUT2D eigenvalue weighted by Gasteiger charge is -2.25. The maximum Gasteiger partial charge on any atom is 0.251 e. The van der Waals surface area contributed by atoms with Crippen molar-refractivity contribution in [1.82, 2.24) is 10.3 Å². The number of aromatic nitrogens is 1. The van der Waals surface area contributed by atoms with Crippen LogP contribution in [0.4, 0.5) is 0 Å². The summed E-state index contributed by atoms with van der Waals surface area (Å²) in [5.41, 5.74) is 2.56. The summed E-state index contributed by atoms with van der Waals surface area (Å²) < 4.78 is 5.87. The van der Waals surface area contributed by atoms with Gasteiger partial charge in [0.15, 0.2) is 0 Å². The minimum absolute atomic E-state index is 0.0865. The molecule has 3 aromatic rings. The largest absolute Gasteiger partial charge is 0.493 e. The molecule has 1 amide bonds. The Bertz CT molecular complexity index is 919. The summed E-state index contributed by atoms with van der Waals surface area (Å²) in [5, 5.41) is 3.94. The molecule has 1 aliphatic carbocycles. The third-order valence-corrected chi connectivity index (χ3v) is 4.93. The van der Waals surface area contributed by atoms with Gasteiger partial charge in [0.2, 0.25) is 0 Å². The fourth-order valence-electron chi connectivity index (χ4n) is 3.12. The third kappa shape index (κ3) is 3.85. The van der Waals surface area contributed by atoms with E-state index in [9.17, 15) is 4.79 Å². The molecule has 26 heavy (non-hydrogen) atoms. The Balaban J connectivity index is 1.37. The monoisotopic (exact) mass is 346 g/mol. The Morgan fingerprint density at radius 3 is 2.88 bits per heavy atom. The second-order valence-corrected chi connectivity index (χ2v) is 6.85. The number of hydrogen-bond donors (Lipinski definition) is 1. The smallest absolute Gasteiger partial charge is 0.251 e. The zero-order chi connectivity index (χ0) is 17.8. The SMILES string of the molecule is O=C(NCc1cccc(OCC2CCC2)c1)c1ccc2ncccc2c1. The van der Waals surface area contributed by atoms with Gasteiger partial charge >= 0.3 is 0 Å². The van der Waals surface area contributed by atoms with E-state index in [1.54, 1.807) is 6.20 Å². The molecule has 0 atom stereocenters. The van der Waals surface area contributed by atoms with Gasteiger partial charge in [0.25, 0.3) is 5.91 Å². The van der Waals surface area contributed by atoms with Crippen molar-refractivity contribution in [1.29, 1.82) is 0 Å². The second kappa shape index (κ2) is 7.56. The van der Waals surface area contributed by atoms with E-state index in [1.165, 1.54) is 19.3 Å². The highest BCUT2D eigenvalue weighted by molar-refractivity contribution is 5.97. The molecule has 0 aliphatic heterocycles. The Morgan fingerprint density at radius 2 is 2.04 bits per heavy atom. The molecule has 1 aromatic heterocycles. The van der Waals surface area contributed by atoms with Gasteiger partial charge in [-0.1, -0.05) is 24.6 Å². The minimum atomic E-state index is -0.0865. The Morgan fingerprint density at radius 1 is 1.12 bits per heavy atom.